The van der Waals surface area contributed by atoms with Gasteiger partial charge in [0.2, 0.25) is 0 Å². The molecular weight excluding hydrogens is 246 g/mol. The van der Waals surface area contributed by atoms with Crippen LogP contribution in [0.3, 0.4) is 0 Å². The van der Waals surface area contributed by atoms with Crippen LogP contribution in [0.4, 0.5) is 5.82 Å². The number of carboxylic acid groups (broad SMARTS) is 1. The first-order chi connectivity index (χ1) is 9.11. The van der Waals surface area contributed by atoms with E-state index in [1.54, 1.807) is 17.0 Å². The number of hydrogen-bond donors (Lipinski definition) is 2. The number of anilines is 1. The van der Waals surface area contributed by atoms with Gasteiger partial charge in [-0.3, -0.25) is 9.59 Å². The molecule has 1 unspecified atom stereocenters. The minimum Gasteiger partial charge on any atom is -0.481 e. The lowest BCUT2D eigenvalue weighted by Gasteiger charge is -2.14. The van der Waals surface area contributed by atoms with Crippen molar-refractivity contribution in [1.29, 1.82) is 0 Å². The maximum atomic E-state index is 12.1. The SMILES string of the molecule is CCC(CNc1nccn(C2CC2)c1=O)CC(=O)O. The molecule has 1 fully saturated rings. The minimum absolute atomic E-state index is 0.00767. The Hall–Kier alpha value is -1.85. The standard InChI is InChI=1S/C13H19N3O3/c1-2-9(7-11(17)18)8-15-12-13(19)16(6-5-14-12)10-3-4-10/h5-6,9-10H,2-4,7-8H2,1H3,(H,14,15)(H,17,18). The zero-order chi connectivity index (χ0) is 13.8. The number of carbonyl (C=O) groups is 1. The lowest BCUT2D eigenvalue weighted by atomic mass is 10.0. The van der Waals surface area contributed by atoms with Crippen LogP contribution in [0, 0.1) is 5.92 Å². The number of aliphatic carboxylic acids is 1. The lowest BCUT2D eigenvalue weighted by molar-refractivity contribution is -0.138. The summed E-state index contributed by atoms with van der Waals surface area (Å²) in [5.74, 6) is -0.489. The van der Waals surface area contributed by atoms with Crippen LogP contribution in [-0.2, 0) is 4.79 Å². The van der Waals surface area contributed by atoms with Crippen molar-refractivity contribution >= 4 is 11.8 Å². The van der Waals surface area contributed by atoms with Crippen LogP contribution >= 0.6 is 0 Å². The molecule has 0 saturated heterocycles. The van der Waals surface area contributed by atoms with Gasteiger partial charge < -0.3 is 15.0 Å². The molecule has 104 valence electrons. The van der Waals surface area contributed by atoms with E-state index in [-0.39, 0.29) is 17.9 Å². The summed E-state index contributed by atoms with van der Waals surface area (Å²) in [6, 6.07) is 0.317. The Kier molecular flexibility index (Phi) is 4.19. The Bertz CT molecular complexity index is 508. The van der Waals surface area contributed by atoms with E-state index in [0.717, 1.165) is 19.3 Å². The van der Waals surface area contributed by atoms with Crippen molar-refractivity contribution in [2.75, 3.05) is 11.9 Å². The van der Waals surface area contributed by atoms with Crippen molar-refractivity contribution < 1.29 is 9.90 Å². The van der Waals surface area contributed by atoms with Gasteiger partial charge >= 0.3 is 5.97 Å². The highest BCUT2D eigenvalue weighted by Crippen LogP contribution is 2.33. The fraction of sp³-hybridized carbons (Fsp3) is 0.615. The largest absolute Gasteiger partial charge is 0.481 e. The molecule has 0 radical (unpaired) electrons. The molecule has 0 amide bonds. The zero-order valence-corrected chi connectivity index (χ0v) is 11.0. The van der Waals surface area contributed by atoms with E-state index >= 15 is 0 Å². The van der Waals surface area contributed by atoms with Crippen molar-refractivity contribution in [2.45, 2.75) is 38.6 Å². The van der Waals surface area contributed by atoms with Gasteiger partial charge in [0, 0.05) is 31.4 Å². The van der Waals surface area contributed by atoms with Crippen LogP contribution < -0.4 is 10.9 Å². The molecule has 0 aliphatic heterocycles. The van der Waals surface area contributed by atoms with Crippen molar-refractivity contribution in [3.05, 3.63) is 22.7 Å². The van der Waals surface area contributed by atoms with Crippen LogP contribution in [0.5, 0.6) is 0 Å². The van der Waals surface area contributed by atoms with Crippen molar-refractivity contribution in [2.24, 2.45) is 5.92 Å². The fourth-order valence-electron chi connectivity index (χ4n) is 2.04. The first-order valence-corrected chi connectivity index (χ1v) is 6.64. The van der Waals surface area contributed by atoms with E-state index in [0.29, 0.717) is 18.4 Å². The second kappa shape index (κ2) is 5.86. The van der Waals surface area contributed by atoms with E-state index < -0.39 is 5.97 Å². The average Bonchev–Trinajstić information content (AvgIpc) is 3.19. The number of carboxylic acids is 1. The highest BCUT2D eigenvalue weighted by atomic mass is 16.4. The molecule has 1 saturated carbocycles. The molecule has 0 aromatic carbocycles. The second-order valence-electron chi connectivity index (χ2n) is 4.97. The summed E-state index contributed by atoms with van der Waals surface area (Å²) in [6.07, 6.45) is 6.26. The summed E-state index contributed by atoms with van der Waals surface area (Å²) in [5.41, 5.74) is -0.116. The highest BCUT2D eigenvalue weighted by Gasteiger charge is 2.25. The monoisotopic (exact) mass is 265 g/mol. The number of hydrogen-bond acceptors (Lipinski definition) is 4. The number of nitrogens with one attached hydrogen (secondary N) is 1. The minimum atomic E-state index is -0.815. The van der Waals surface area contributed by atoms with Crippen LogP contribution in [0.2, 0.25) is 0 Å². The van der Waals surface area contributed by atoms with E-state index in [1.165, 1.54) is 0 Å². The Balaban J connectivity index is 2.00. The molecule has 1 atom stereocenters. The van der Waals surface area contributed by atoms with Crippen molar-refractivity contribution in [3.8, 4) is 0 Å². The third-order valence-electron chi connectivity index (χ3n) is 3.41. The molecule has 0 spiro atoms. The van der Waals surface area contributed by atoms with Crippen LogP contribution in [-0.4, -0.2) is 27.2 Å². The Morgan fingerprint density at radius 3 is 2.95 bits per heavy atom. The van der Waals surface area contributed by atoms with Crippen LogP contribution in [0.25, 0.3) is 0 Å². The van der Waals surface area contributed by atoms with Gasteiger partial charge in [0.05, 0.1) is 0 Å². The maximum absolute atomic E-state index is 12.1. The molecule has 1 aromatic rings. The summed E-state index contributed by atoms with van der Waals surface area (Å²) < 4.78 is 1.70. The van der Waals surface area contributed by atoms with E-state index in [4.69, 9.17) is 5.11 Å². The molecule has 1 aliphatic rings. The Morgan fingerprint density at radius 2 is 2.37 bits per heavy atom. The Labute approximate surface area is 111 Å². The summed E-state index contributed by atoms with van der Waals surface area (Å²) in [5, 5.41) is 11.8. The van der Waals surface area contributed by atoms with E-state index in [9.17, 15) is 9.59 Å². The summed E-state index contributed by atoms with van der Waals surface area (Å²) in [6.45, 7) is 2.40. The lowest BCUT2D eigenvalue weighted by Crippen LogP contribution is -2.26. The van der Waals surface area contributed by atoms with Gasteiger partial charge in [0.15, 0.2) is 5.82 Å². The summed E-state index contributed by atoms with van der Waals surface area (Å²) in [7, 11) is 0. The summed E-state index contributed by atoms with van der Waals surface area (Å²) >= 11 is 0. The molecule has 2 N–H and O–H groups in total. The summed E-state index contributed by atoms with van der Waals surface area (Å²) in [4.78, 5) is 26.8. The highest BCUT2D eigenvalue weighted by molar-refractivity contribution is 5.67. The molecule has 2 rings (SSSR count). The molecule has 1 aliphatic carbocycles. The van der Waals surface area contributed by atoms with E-state index in [2.05, 4.69) is 10.3 Å². The van der Waals surface area contributed by atoms with Gasteiger partial charge in [-0.15, -0.1) is 0 Å². The third-order valence-corrected chi connectivity index (χ3v) is 3.41. The maximum Gasteiger partial charge on any atom is 0.303 e. The molecule has 6 nitrogen and oxygen atoms in total. The van der Waals surface area contributed by atoms with Crippen molar-refractivity contribution in [3.63, 3.8) is 0 Å². The van der Waals surface area contributed by atoms with Gasteiger partial charge in [0.1, 0.15) is 0 Å². The molecule has 1 heterocycles. The molecular formula is C13H19N3O3. The zero-order valence-electron chi connectivity index (χ0n) is 11.0. The van der Waals surface area contributed by atoms with Crippen LogP contribution in [0.1, 0.15) is 38.6 Å². The van der Waals surface area contributed by atoms with Gasteiger partial charge in [-0.05, 0) is 18.8 Å². The predicted molar refractivity (Wildman–Crippen MR) is 71.3 cm³/mol. The normalized spacial score (nSPS) is 16.1. The molecule has 1 aromatic heterocycles. The van der Waals surface area contributed by atoms with Crippen LogP contribution in [0.15, 0.2) is 17.2 Å². The second-order valence-corrected chi connectivity index (χ2v) is 4.97. The molecule has 0 bridgehead atoms. The van der Waals surface area contributed by atoms with Gasteiger partial charge in [-0.25, -0.2) is 4.98 Å². The van der Waals surface area contributed by atoms with Gasteiger partial charge in [-0.1, -0.05) is 13.3 Å². The molecule has 6 heteroatoms. The predicted octanol–water partition coefficient (Wildman–Crippen LogP) is 1.49. The first-order valence-electron chi connectivity index (χ1n) is 6.64. The first kappa shape index (κ1) is 13.6. The van der Waals surface area contributed by atoms with E-state index in [1.807, 2.05) is 6.92 Å². The smallest absolute Gasteiger partial charge is 0.303 e. The number of nitrogens with zero attached hydrogens (tertiary/aromatic N) is 2. The van der Waals surface area contributed by atoms with Gasteiger partial charge in [0.25, 0.3) is 5.56 Å². The number of rotatable bonds is 7. The van der Waals surface area contributed by atoms with Gasteiger partial charge in [-0.2, -0.15) is 0 Å². The average molecular weight is 265 g/mol. The topological polar surface area (TPSA) is 84.2 Å². The molecule has 19 heavy (non-hydrogen) atoms. The quantitative estimate of drug-likeness (QED) is 0.780. The number of aromatic nitrogens is 2. The fourth-order valence-corrected chi connectivity index (χ4v) is 2.04. The Morgan fingerprint density at radius 1 is 1.63 bits per heavy atom. The van der Waals surface area contributed by atoms with Crippen molar-refractivity contribution in [1.82, 2.24) is 9.55 Å². The third kappa shape index (κ3) is 3.56.